The molecule has 6 atom stereocenters. The number of nitrogens with one attached hydrogen (secondary N) is 1. The van der Waals surface area contributed by atoms with Crippen LogP contribution >= 0.6 is 11.6 Å². The third-order valence-corrected chi connectivity index (χ3v) is 15.1. The van der Waals surface area contributed by atoms with Crippen LogP contribution in [-0.2, 0) is 31.3 Å². The van der Waals surface area contributed by atoms with E-state index < -0.39 is 21.5 Å². The lowest BCUT2D eigenvalue weighted by molar-refractivity contribution is -0.107. The summed E-state index contributed by atoms with van der Waals surface area (Å²) in [6.07, 6.45) is 9.58. The molecule has 2 bridgehead atoms. The zero-order valence-corrected chi connectivity index (χ0v) is 34.3. The molecule has 1 amide bonds. The van der Waals surface area contributed by atoms with Crippen molar-refractivity contribution in [2.45, 2.75) is 69.9 Å². The molecule has 10 nitrogen and oxygen atoms in total. The van der Waals surface area contributed by atoms with Gasteiger partial charge in [0.25, 0.3) is 5.91 Å². The van der Waals surface area contributed by atoms with Gasteiger partial charge in [0.15, 0.2) is 0 Å². The Morgan fingerprint density at radius 2 is 1.80 bits per heavy atom. The van der Waals surface area contributed by atoms with Crippen molar-refractivity contribution >= 4 is 33.2 Å². The molecule has 1 saturated carbocycles. The molecule has 2 aromatic carbocycles. The van der Waals surface area contributed by atoms with Crippen LogP contribution in [-0.4, -0.2) is 115 Å². The number of hydrogen-bond acceptors (Lipinski definition) is 9. The number of anilines is 1. The molecule has 54 heavy (non-hydrogen) atoms. The minimum atomic E-state index is -3.93. The van der Waals surface area contributed by atoms with Gasteiger partial charge in [0.2, 0.25) is 10.0 Å². The Hall–Kier alpha value is -2.67. The molecule has 0 radical (unpaired) electrons. The van der Waals surface area contributed by atoms with E-state index in [1.807, 2.05) is 26.2 Å². The van der Waals surface area contributed by atoms with Crippen molar-refractivity contribution in [3.05, 3.63) is 70.3 Å². The van der Waals surface area contributed by atoms with Crippen molar-refractivity contribution in [3.8, 4) is 5.75 Å². The summed E-state index contributed by atoms with van der Waals surface area (Å²) in [7, 11) is -0.422. The van der Waals surface area contributed by atoms with Crippen LogP contribution in [0.15, 0.2) is 48.6 Å². The third kappa shape index (κ3) is 8.23. The van der Waals surface area contributed by atoms with Crippen LogP contribution in [0, 0.1) is 23.7 Å². The monoisotopic (exact) mass is 782 g/mol. The number of ether oxygens (including phenoxy) is 3. The molecule has 5 aliphatic rings. The molecule has 0 aromatic heterocycles. The van der Waals surface area contributed by atoms with Gasteiger partial charge in [-0.3, -0.25) is 14.6 Å². The molecule has 3 fully saturated rings. The molecule has 2 aliphatic carbocycles. The molecule has 1 N–H and O–H groups in total. The van der Waals surface area contributed by atoms with Crippen LogP contribution < -0.4 is 14.4 Å². The van der Waals surface area contributed by atoms with Crippen LogP contribution in [0.4, 0.5) is 5.69 Å². The van der Waals surface area contributed by atoms with Crippen LogP contribution in [0.5, 0.6) is 5.75 Å². The van der Waals surface area contributed by atoms with E-state index in [1.54, 1.807) is 19.2 Å². The van der Waals surface area contributed by atoms with Crippen molar-refractivity contribution in [1.82, 2.24) is 14.5 Å². The lowest BCUT2D eigenvalue weighted by atomic mass is 9.63. The van der Waals surface area contributed by atoms with Crippen molar-refractivity contribution in [3.63, 3.8) is 0 Å². The van der Waals surface area contributed by atoms with Crippen LogP contribution in [0.25, 0.3) is 0 Å². The summed E-state index contributed by atoms with van der Waals surface area (Å²) in [4.78, 5) is 21.2. The summed E-state index contributed by atoms with van der Waals surface area (Å²) in [6.45, 7) is 14.2. The van der Waals surface area contributed by atoms with E-state index in [0.717, 1.165) is 95.3 Å². The molecule has 296 valence electrons. The largest absolute Gasteiger partial charge is 0.495 e. The van der Waals surface area contributed by atoms with Gasteiger partial charge in [-0.15, -0.1) is 0 Å². The number of carbonyl (C=O) groups excluding carboxylic acids is 1. The number of piperazine rings is 1. The molecule has 2 aromatic rings. The minimum absolute atomic E-state index is 0.0583. The van der Waals surface area contributed by atoms with E-state index in [-0.39, 0.29) is 34.5 Å². The van der Waals surface area contributed by atoms with Gasteiger partial charge >= 0.3 is 0 Å². The molecular weight excluding hydrogens is 724 g/mol. The first-order chi connectivity index (χ1) is 25.8. The summed E-state index contributed by atoms with van der Waals surface area (Å²) in [6, 6.07) is 12.1. The number of carbonyl (C=O) groups is 1. The van der Waals surface area contributed by atoms with Gasteiger partial charge in [-0.25, -0.2) is 13.1 Å². The zero-order chi connectivity index (χ0) is 38.3. The Kier molecular flexibility index (Phi) is 11.8. The Balaban J connectivity index is 1.28. The molecule has 2 saturated heterocycles. The molecule has 12 heteroatoms. The van der Waals surface area contributed by atoms with Gasteiger partial charge in [-0.1, -0.05) is 50.6 Å². The quantitative estimate of drug-likeness (QED) is 0.351. The fourth-order valence-corrected chi connectivity index (χ4v) is 11.4. The van der Waals surface area contributed by atoms with E-state index in [0.29, 0.717) is 24.3 Å². The summed E-state index contributed by atoms with van der Waals surface area (Å²) in [5.74, 6) is 0.115. The first-order valence-corrected chi connectivity index (χ1v) is 21.9. The van der Waals surface area contributed by atoms with Gasteiger partial charge in [0, 0.05) is 68.9 Å². The number of halogens is 1. The minimum Gasteiger partial charge on any atom is -0.495 e. The smallest absolute Gasteiger partial charge is 0.264 e. The maximum Gasteiger partial charge on any atom is 0.264 e. The second-order valence-corrected chi connectivity index (χ2v) is 19.2. The Morgan fingerprint density at radius 1 is 1.02 bits per heavy atom. The van der Waals surface area contributed by atoms with Crippen molar-refractivity contribution in [2.75, 3.05) is 83.9 Å². The predicted molar refractivity (Wildman–Crippen MR) is 214 cm³/mol. The topological polar surface area (TPSA) is 101 Å². The van der Waals surface area contributed by atoms with Crippen molar-refractivity contribution in [2.24, 2.45) is 23.7 Å². The fourth-order valence-electron chi connectivity index (χ4n) is 9.68. The summed E-state index contributed by atoms with van der Waals surface area (Å²) in [5.41, 5.74) is 2.92. The summed E-state index contributed by atoms with van der Waals surface area (Å²) >= 11 is 6.49. The standard InChI is InChI=1S/C42H59ClN4O6S/c1-29-14-16-42(52-5,28-45-17-19-46(20-18-45)35-24-53-25-35)37-11-8-33(37)23-47(27-41(3)15-6-7-31-21-34(43)10-12-36(31)41)38-22-32(9-13-39(38)51-4)40(48)44-54(49,50)26-30(29)2/h9-10,12-14,16,21-22,29-30,33,35,37H,6-8,11,15,17-20,23-28H2,1-5H3,(H,44,48)/b16-14+/t29-,30+,33-,37+,41-,42-/m0/s1. The molecule has 3 heterocycles. The molecule has 0 spiro atoms. The maximum absolute atomic E-state index is 13.6. The number of fused-ring (bicyclic) bond motifs is 4. The first-order valence-electron chi connectivity index (χ1n) is 19.9. The number of hydrogen-bond donors (Lipinski definition) is 1. The third-order valence-electron chi connectivity index (χ3n) is 13.4. The van der Waals surface area contributed by atoms with Crippen LogP contribution in [0.2, 0.25) is 5.02 Å². The van der Waals surface area contributed by atoms with Gasteiger partial charge in [-0.2, -0.15) is 0 Å². The second-order valence-electron chi connectivity index (χ2n) is 17.0. The highest BCUT2D eigenvalue weighted by Crippen LogP contribution is 2.48. The fraction of sp³-hybridized carbons (Fsp3) is 0.643. The maximum atomic E-state index is 13.6. The van der Waals surface area contributed by atoms with Gasteiger partial charge in [0.1, 0.15) is 11.4 Å². The molecule has 7 rings (SSSR count). The van der Waals surface area contributed by atoms with Gasteiger partial charge < -0.3 is 19.1 Å². The van der Waals surface area contributed by atoms with Crippen LogP contribution in [0.1, 0.15) is 67.9 Å². The number of nitrogens with zero attached hydrogens (tertiary/aromatic N) is 3. The summed E-state index contributed by atoms with van der Waals surface area (Å²) in [5, 5.41) is 0.752. The highest BCUT2D eigenvalue weighted by atomic mass is 35.5. The highest BCUT2D eigenvalue weighted by Gasteiger charge is 2.49. The second kappa shape index (κ2) is 16.1. The van der Waals surface area contributed by atoms with Crippen LogP contribution in [0.3, 0.4) is 0 Å². The molecule has 3 aliphatic heterocycles. The van der Waals surface area contributed by atoms with Crippen molar-refractivity contribution < 1.29 is 27.4 Å². The Bertz CT molecular complexity index is 1810. The Labute approximate surface area is 327 Å². The Morgan fingerprint density at radius 3 is 2.46 bits per heavy atom. The van der Waals surface area contributed by atoms with E-state index in [4.69, 9.17) is 25.8 Å². The molecule has 0 unspecified atom stereocenters. The normalized spacial score (nSPS) is 33.1. The lowest BCUT2D eigenvalue weighted by Crippen LogP contribution is -2.61. The SMILES string of the molecule is COc1ccc2cc1N(C[C@]1(C)CCCc3cc(Cl)ccc31)C[C@@H]1CC[C@H]1[C@](CN1CCN(C3COC3)CC1)(OC)/C=C/[C@H](C)[C@H](C)CS(=O)(=O)NC2=O. The first kappa shape index (κ1) is 39.6. The van der Waals surface area contributed by atoms with E-state index in [2.05, 4.69) is 57.6 Å². The zero-order valence-electron chi connectivity index (χ0n) is 32.7. The molecular formula is C42H59ClN4O6S. The summed E-state index contributed by atoms with van der Waals surface area (Å²) < 4.78 is 47.5. The average molecular weight is 783 g/mol. The number of aryl methyl sites for hydroxylation is 1. The van der Waals surface area contributed by atoms with Gasteiger partial charge in [0.05, 0.1) is 37.8 Å². The van der Waals surface area contributed by atoms with E-state index >= 15 is 0 Å². The number of allylic oxidation sites excluding steroid dienone is 1. The number of amides is 1. The van der Waals surface area contributed by atoms with Crippen molar-refractivity contribution in [1.29, 1.82) is 0 Å². The average Bonchev–Trinajstić information content (AvgIpc) is 3.10. The van der Waals surface area contributed by atoms with Gasteiger partial charge in [-0.05, 0) is 97.2 Å². The van der Waals surface area contributed by atoms with E-state index in [9.17, 15) is 13.2 Å². The van der Waals surface area contributed by atoms with E-state index in [1.165, 1.54) is 11.1 Å². The lowest BCUT2D eigenvalue weighted by Gasteiger charge is -2.53. The number of rotatable bonds is 7. The highest BCUT2D eigenvalue weighted by molar-refractivity contribution is 7.90. The number of benzene rings is 2. The predicted octanol–water partition coefficient (Wildman–Crippen LogP) is 5.78. The number of methoxy groups -OCH3 is 2. The number of sulfonamides is 1.